The third-order valence-electron chi connectivity index (χ3n) is 8.83. The fourth-order valence-electron chi connectivity index (χ4n) is 5.52. The van der Waals surface area contributed by atoms with Crippen molar-refractivity contribution in [3.63, 3.8) is 0 Å². The van der Waals surface area contributed by atoms with Crippen LogP contribution in [0.25, 0.3) is 0 Å². The summed E-state index contributed by atoms with van der Waals surface area (Å²) in [5, 5.41) is 13.7. The van der Waals surface area contributed by atoms with Crippen molar-refractivity contribution in [2.75, 3.05) is 40.9 Å². The molecule has 3 atom stereocenters. The minimum atomic E-state index is -4.34. The maximum Gasteiger partial charge on any atom is 0.472 e. The quantitative estimate of drug-likeness (QED) is 0.0257. The highest BCUT2D eigenvalue weighted by Gasteiger charge is 2.27. The van der Waals surface area contributed by atoms with Gasteiger partial charge in [0.05, 0.1) is 39.9 Å². The molecular formula is C41H80N2O6P+. The average Bonchev–Trinajstić information content (AvgIpc) is 3.06. The molecule has 0 rings (SSSR count). The number of unbranched alkanes of at least 4 members (excludes halogenated alkanes) is 19. The van der Waals surface area contributed by atoms with Crippen LogP contribution in [-0.4, -0.2) is 73.4 Å². The Bertz CT molecular complexity index is 917. The first-order chi connectivity index (χ1) is 24.0. The highest BCUT2D eigenvalue weighted by Crippen LogP contribution is 2.43. The molecule has 8 nitrogen and oxygen atoms in total. The fourth-order valence-corrected chi connectivity index (χ4v) is 6.26. The van der Waals surface area contributed by atoms with Crippen molar-refractivity contribution >= 4 is 13.7 Å². The Labute approximate surface area is 308 Å². The number of hydrogen-bond acceptors (Lipinski definition) is 5. The number of allylic oxidation sites excluding steroid dienone is 5. The molecule has 0 aliphatic rings. The molecule has 0 saturated heterocycles. The van der Waals surface area contributed by atoms with Crippen LogP contribution in [0.15, 0.2) is 36.5 Å². The van der Waals surface area contributed by atoms with Gasteiger partial charge in [0, 0.05) is 6.42 Å². The SMILES string of the molecule is CCCCC/C=C/CC/C=C/C(O)C(COP(=O)(O)OCC[N+](C)(C)C)NC(=O)CCCCCCCCC/C=C\CCCCCCCCCC. The van der Waals surface area contributed by atoms with Gasteiger partial charge < -0.3 is 19.8 Å². The lowest BCUT2D eigenvalue weighted by Gasteiger charge is -2.25. The number of rotatable bonds is 36. The highest BCUT2D eigenvalue weighted by molar-refractivity contribution is 7.47. The van der Waals surface area contributed by atoms with E-state index in [0.717, 1.165) is 38.5 Å². The van der Waals surface area contributed by atoms with Gasteiger partial charge in [0.15, 0.2) is 0 Å². The number of quaternary nitrogens is 1. The number of hydrogen-bond donors (Lipinski definition) is 3. The van der Waals surface area contributed by atoms with E-state index in [1.807, 2.05) is 27.2 Å². The standard InChI is InChI=1S/C41H79N2O6P/c1-6-8-10-12-14-16-17-18-19-20-21-22-23-24-25-27-29-31-33-35-41(45)42-39(38-49-50(46,47)48-37-36-43(3,4)5)40(44)34-32-30-28-26-15-13-11-9-7-2/h15,20-21,26,32,34,39-40,44H,6-14,16-19,22-25,27-31,33,35-38H2,1-5H3,(H-,42,45,46,47)/p+1/b21-20-,26-15+,34-32+. The molecule has 0 aliphatic heterocycles. The second-order valence-electron chi connectivity index (χ2n) is 15.0. The lowest BCUT2D eigenvalue weighted by molar-refractivity contribution is -0.870. The van der Waals surface area contributed by atoms with E-state index in [-0.39, 0.29) is 19.1 Å². The second-order valence-corrected chi connectivity index (χ2v) is 16.5. The second kappa shape index (κ2) is 33.5. The van der Waals surface area contributed by atoms with E-state index in [0.29, 0.717) is 17.4 Å². The highest BCUT2D eigenvalue weighted by atomic mass is 31.2. The first-order valence-corrected chi connectivity index (χ1v) is 21.9. The number of aliphatic hydroxyl groups is 1. The summed E-state index contributed by atoms with van der Waals surface area (Å²) in [5.74, 6) is -0.196. The summed E-state index contributed by atoms with van der Waals surface area (Å²) in [6.07, 6.45) is 39.4. The first kappa shape index (κ1) is 48.7. The van der Waals surface area contributed by atoms with Gasteiger partial charge in [-0.15, -0.1) is 0 Å². The van der Waals surface area contributed by atoms with E-state index < -0.39 is 20.0 Å². The molecule has 0 bridgehead atoms. The Kier molecular flexibility index (Phi) is 32.7. The Morgan fingerprint density at radius 3 is 1.64 bits per heavy atom. The number of likely N-dealkylation sites (N-methyl/N-ethyl adjacent to an activating group) is 1. The van der Waals surface area contributed by atoms with Crippen molar-refractivity contribution in [3.8, 4) is 0 Å². The number of aliphatic hydroxyl groups excluding tert-OH is 1. The van der Waals surface area contributed by atoms with Gasteiger partial charge in [-0.25, -0.2) is 4.57 Å². The molecule has 3 N–H and O–H groups in total. The largest absolute Gasteiger partial charge is 0.472 e. The van der Waals surface area contributed by atoms with Gasteiger partial charge in [0.25, 0.3) is 0 Å². The van der Waals surface area contributed by atoms with Crippen molar-refractivity contribution in [2.45, 2.75) is 180 Å². The molecule has 9 heteroatoms. The van der Waals surface area contributed by atoms with Crippen LogP contribution in [0.5, 0.6) is 0 Å². The van der Waals surface area contributed by atoms with Gasteiger partial charge in [0.2, 0.25) is 5.91 Å². The van der Waals surface area contributed by atoms with Gasteiger partial charge in [-0.05, 0) is 57.8 Å². The summed E-state index contributed by atoms with van der Waals surface area (Å²) in [4.78, 5) is 23.0. The molecule has 0 aromatic heterocycles. The van der Waals surface area contributed by atoms with E-state index in [1.54, 1.807) is 6.08 Å². The summed E-state index contributed by atoms with van der Waals surface area (Å²) >= 11 is 0. The van der Waals surface area contributed by atoms with Gasteiger partial charge >= 0.3 is 7.82 Å². The zero-order valence-corrected chi connectivity index (χ0v) is 34.0. The molecule has 3 unspecified atom stereocenters. The summed E-state index contributed by atoms with van der Waals surface area (Å²) in [7, 11) is 1.55. The molecule has 294 valence electrons. The predicted molar refractivity (Wildman–Crippen MR) is 212 cm³/mol. The molecule has 50 heavy (non-hydrogen) atoms. The number of carbonyl (C=O) groups excluding carboxylic acids is 1. The molecule has 0 aliphatic carbocycles. The summed E-state index contributed by atoms with van der Waals surface area (Å²) in [6.45, 7) is 4.72. The minimum Gasteiger partial charge on any atom is -0.387 e. The van der Waals surface area contributed by atoms with E-state index in [4.69, 9.17) is 9.05 Å². The van der Waals surface area contributed by atoms with E-state index >= 15 is 0 Å². The smallest absolute Gasteiger partial charge is 0.387 e. The third-order valence-corrected chi connectivity index (χ3v) is 9.82. The van der Waals surface area contributed by atoms with Crippen molar-refractivity contribution < 1.29 is 32.9 Å². The topological polar surface area (TPSA) is 105 Å². The van der Waals surface area contributed by atoms with Gasteiger partial charge in [-0.1, -0.05) is 140 Å². The van der Waals surface area contributed by atoms with Crippen LogP contribution in [0.1, 0.15) is 168 Å². The summed E-state index contributed by atoms with van der Waals surface area (Å²) < 4.78 is 23.4. The van der Waals surface area contributed by atoms with E-state index in [1.165, 1.54) is 109 Å². The number of nitrogens with zero attached hydrogens (tertiary/aromatic N) is 1. The minimum absolute atomic E-state index is 0.0547. The van der Waals surface area contributed by atoms with Gasteiger partial charge in [-0.2, -0.15) is 0 Å². The Hall–Kier alpha value is -1.28. The number of amides is 1. The van der Waals surface area contributed by atoms with Crippen LogP contribution >= 0.6 is 7.82 Å². The fraction of sp³-hybridized carbons (Fsp3) is 0.829. The van der Waals surface area contributed by atoms with Crippen molar-refractivity contribution in [1.29, 1.82) is 0 Å². The molecule has 0 aromatic rings. The third kappa shape index (κ3) is 35.1. The maximum atomic E-state index is 12.8. The van der Waals surface area contributed by atoms with Crippen LogP contribution in [-0.2, 0) is 18.4 Å². The molecule has 0 fully saturated rings. The van der Waals surface area contributed by atoms with Gasteiger partial charge in [-0.3, -0.25) is 13.8 Å². The van der Waals surface area contributed by atoms with Crippen molar-refractivity contribution in [1.82, 2.24) is 5.32 Å². The molecule has 0 saturated carbocycles. The average molecular weight is 728 g/mol. The van der Waals surface area contributed by atoms with E-state index in [2.05, 4.69) is 43.5 Å². The van der Waals surface area contributed by atoms with Crippen LogP contribution in [0.2, 0.25) is 0 Å². The van der Waals surface area contributed by atoms with Crippen LogP contribution < -0.4 is 5.32 Å². The number of nitrogens with one attached hydrogen (secondary N) is 1. The van der Waals surface area contributed by atoms with Crippen LogP contribution in [0.3, 0.4) is 0 Å². The molecular weight excluding hydrogens is 647 g/mol. The number of phosphoric ester groups is 1. The zero-order valence-electron chi connectivity index (χ0n) is 33.1. The maximum absolute atomic E-state index is 12.8. The van der Waals surface area contributed by atoms with Crippen molar-refractivity contribution in [2.24, 2.45) is 0 Å². The molecule has 0 aromatic carbocycles. The lowest BCUT2D eigenvalue weighted by atomic mass is 10.1. The zero-order chi connectivity index (χ0) is 37.2. The molecule has 0 spiro atoms. The normalized spacial score (nSPS) is 14.9. The van der Waals surface area contributed by atoms with Crippen LogP contribution in [0, 0.1) is 0 Å². The number of carbonyl (C=O) groups is 1. The summed E-state index contributed by atoms with van der Waals surface area (Å²) in [5.41, 5.74) is 0. The lowest BCUT2D eigenvalue weighted by Crippen LogP contribution is -2.45. The van der Waals surface area contributed by atoms with E-state index in [9.17, 15) is 19.4 Å². The Morgan fingerprint density at radius 2 is 1.10 bits per heavy atom. The van der Waals surface area contributed by atoms with Gasteiger partial charge in [0.1, 0.15) is 13.2 Å². The predicted octanol–water partition coefficient (Wildman–Crippen LogP) is 10.7. The van der Waals surface area contributed by atoms with Crippen LogP contribution in [0.4, 0.5) is 0 Å². The summed E-state index contributed by atoms with van der Waals surface area (Å²) in [6, 6.07) is -0.861. The first-order valence-electron chi connectivity index (χ1n) is 20.4. The molecule has 1 amide bonds. The number of phosphoric acid groups is 1. The Morgan fingerprint density at radius 1 is 0.660 bits per heavy atom. The molecule has 0 radical (unpaired) electrons. The van der Waals surface area contributed by atoms with Crippen molar-refractivity contribution in [3.05, 3.63) is 36.5 Å². The molecule has 0 heterocycles. The Balaban J connectivity index is 4.38. The monoisotopic (exact) mass is 728 g/mol.